The van der Waals surface area contributed by atoms with Crippen LogP contribution in [0.4, 0.5) is 11.4 Å². The number of hydrogen-bond acceptors (Lipinski definition) is 6. The molecule has 10 nitrogen and oxygen atoms in total. The van der Waals surface area contributed by atoms with Crippen LogP contribution in [0, 0.1) is 11.8 Å². The van der Waals surface area contributed by atoms with Crippen LogP contribution in [0.3, 0.4) is 0 Å². The van der Waals surface area contributed by atoms with Crippen LogP contribution in [-0.2, 0) is 19.2 Å². The van der Waals surface area contributed by atoms with Crippen LogP contribution in [0.25, 0.3) is 0 Å². The monoisotopic (exact) mass is 558 g/mol. The molecule has 2 aromatic carbocycles. The zero-order valence-corrected chi connectivity index (χ0v) is 23.7. The van der Waals surface area contributed by atoms with Crippen molar-refractivity contribution in [3.63, 3.8) is 0 Å². The van der Waals surface area contributed by atoms with E-state index < -0.39 is 0 Å². The second-order valence-electron chi connectivity index (χ2n) is 10.7. The number of benzene rings is 2. The summed E-state index contributed by atoms with van der Waals surface area (Å²) in [6.07, 6.45) is 6.50. The van der Waals surface area contributed by atoms with E-state index >= 15 is 0 Å². The molecule has 0 radical (unpaired) electrons. The summed E-state index contributed by atoms with van der Waals surface area (Å²) in [5.41, 5.74) is 9.71. The van der Waals surface area contributed by atoms with E-state index in [2.05, 4.69) is 31.7 Å². The molecule has 4 rings (SSSR count). The van der Waals surface area contributed by atoms with Crippen molar-refractivity contribution in [1.29, 1.82) is 0 Å². The van der Waals surface area contributed by atoms with Crippen LogP contribution >= 0.6 is 0 Å². The van der Waals surface area contributed by atoms with E-state index in [0.29, 0.717) is 37.1 Å². The van der Waals surface area contributed by atoms with Crippen LogP contribution in [0.5, 0.6) is 0 Å². The molecule has 0 aliphatic heterocycles. The van der Waals surface area contributed by atoms with E-state index in [4.69, 9.17) is 0 Å². The van der Waals surface area contributed by atoms with Crippen LogP contribution < -0.4 is 21.5 Å². The Kier molecular flexibility index (Phi) is 10.4. The smallest absolute Gasteiger partial charge is 0.240 e. The molecule has 0 spiro atoms. The predicted molar refractivity (Wildman–Crippen MR) is 159 cm³/mol. The Bertz CT molecular complexity index is 1210. The Labute approximate surface area is 240 Å². The maximum atomic E-state index is 12.2. The molecule has 0 aromatic heterocycles. The average Bonchev–Trinajstić information content (AvgIpc) is 3.88. The second-order valence-corrected chi connectivity index (χ2v) is 10.7. The molecule has 0 bridgehead atoms. The molecule has 0 unspecified atom stereocenters. The van der Waals surface area contributed by atoms with Gasteiger partial charge in [0, 0.05) is 36.1 Å². The fraction of sp³-hybridized carbons (Fsp3) is 0.419. The van der Waals surface area contributed by atoms with Crippen molar-refractivity contribution in [3.05, 3.63) is 59.7 Å². The molecule has 2 aliphatic carbocycles. The largest absolute Gasteiger partial charge is 0.326 e. The summed E-state index contributed by atoms with van der Waals surface area (Å²) < 4.78 is 0. The second kappa shape index (κ2) is 14.3. The maximum Gasteiger partial charge on any atom is 0.240 e. The van der Waals surface area contributed by atoms with Crippen LogP contribution in [0.1, 0.15) is 82.8 Å². The normalized spacial score (nSPS) is 15.2. The third-order valence-electron chi connectivity index (χ3n) is 7.04. The molecule has 2 aromatic rings. The van der Waals surface area contributed by atoms with Gasteiger partial charge >= 0.3 is 0 Å². The number of hydrazone groups is 2. The number of rotatable bonds is 14. The highest BCUT2D eigenvalue weighted by atomic mass is 16.2. The standard InChI is InChI=1S/C31H38N6O4/c1-20(22-12-16-26(17-13-22)32-30(40)24-8-9-24)34-36-28(38)6-4-3-5-7-29(39)37-35-21(2)23-14-18-27(19-15-23)33-31(41)25-10-11-25/h12-19,24-25H,3-11H2,1-2H3,(H,32,40)(H,33,41)(H,36,38)(H,37,39)/b34-20+,35-21+. The van der Waals surface area contributed by atoms with Crippen molar-refractivity contribution >= 4 is 46.4 Å². The summed E-state index contributed by atoms with van der Waals surface area (Å²) in [6.45, 7) is 3.62. The van der Waals surface area contributed by atoms with E-state index in [9.17, 15) is 19.2 Å². The van der Waals surface area contributed by atoms with Gasteiger partial charge in [-0.1, -0.05) is 30.7 Å². The summed E-state index contributed by atoms with van der Waals surface area (Å²) in [7, 11) is 0. The van der Waals surface area contributed by atoms with Gasteiger partial charge < -0.3 is 10.6 Å². The minimum absolute atomic E-state index is 0.0642. The first-order valence-corrected chi connectivity index (χ1v) is 14.3. The van der Waals surface area contributed by atoms with Crippen molar-refractivity contribution in [2.24, 2.45) is 22.0 Å². The number of carbonyl (C=O) groups excluding carboxylic acids is 4. The zero-order chi connectivity index (χ0) is 29.2. The maximum absolute atomic E-state index is 12.2. The lowest BCUT2D eigenvalue weighted by Gasteiger charge is -2.07. The minimum atomic E-state index is -0.180. The Morgan fingerprint density at radius 1 is 0.610 bits per heavy atom. The highest BCUT2D eigenvalue weighted by molar-refractivity contribution is 6.01. The Balaban J connectivity index is 1.08. The van der Waals surface area contributed by atoms with Gasteiger partial charge in [-0.05, 0) is 87.8 Å². The number of hydrogen-bond donors (Lipinski definition) is 4. The molecule has 10 heteroatoms. The van der Waals surface area contributed by atoms with E-state index in [1.54, 1.807) is 0 Å². The highest BCUT2D eigenvalue weighted by Crippen LogP contribution is 2.31. The van der Waals surface area contributed by atoms with Crippen LogP contribution in [0.2, 0.25) is 0 Å². The lowest BCUT2D eigenvalue weighted by molar-refractivity contribution is -0.121. The minimum Gasteiger partial charge on any atom is -0.326 e. The Morgan fingerprint density at radius 3 is 1.32 bits per heavy atom. The number of amides is 4. The van der Waals surface area contributed by atoms with Gasteiger partial charge in [0.2, 0.25) is 23.6 Å². The number of carbonyl (C=O) groups is 4. The Morgan fingerprint density at radius 2 is 0.976 bits per heavy atom. The van der Waals surface area contributed by atoms with Crippen molar-refractivity contribution in [2.45, 2.75) is 71.6 Å². The van der Waals surface area contributed by atoms with Crippen molar-refractivity contribution in [1.82, 2.24) is 10.9 Å². The van der Waals surface area contributed by atoms with E-state index in [-0.39, 0.29) is 35.5 Å². The first-order valence-electron chi connectivity index (χ1n) is 14.3. The first kappa shape index (κ1) is 29.6. The fourth-order valence-corrected chi connectivity index (χ4v) is 4.05. The van der Waals surface area contributed by atoms with Gasteiger partial charge in [0.15, 0.2) is 0 Å². The van der Waals surface area contributed by atoms with E-state index in [1.165, 1.54) is 0 Å². The summed E-state index contributed by atoms with van der Waals surface area (Å²) >= 11 is 0. The average molecular weight is 559 g/mol. The molecule has 4 amide bonds. The molecule has 216 valence electrons. The van der Waals surface area contributed by atoms with Crippen molar-refractivity contribution in [2.75, 3.05) is 10.6 Å². The number of unbranched alkanes of at least 4 members (excludes halogenated alkanes) is 2. The summed E-state index contributed by atoms with van der Waals surface area (Å²) in [4.78, 5) is 48.0. The quantitative estimate of drug-likeness (QED) is 0.151. The number of nitrogens with zero attached hydrogens (tertiary/aromatic N) is 2. The topological polar surface area (TPSA) is 141 Å². The third-order valence-corrected chi connectivity index (χ3v) is 7.04. The molecule has 41 heavy (non-hydrogen) atoms. The number of anilines is 2. The summed E-state index contributed by atoms with van der Waals surface area (Å²) in [5, 5.41) is 14.1. The Hall–Kier alpha value is -4.34. The molecule has 0 saturated heterocycles. The van der Waals surface area contributed by atoms with Gasteiger partial charge in [-0.2, -0.15) is 10.2 Å². The molecule has 0 heterocycles. The molecule has 2 fully saturated rings. The molecule has 0 atom stereocenters. The van der Waals surface area contributed by atoms with Gasteiger partial charge in [0.25, 0.3) is 0 Å². The molecule has 2 aliphatic rings. The van der Waals surface area contributed by atoms with Crippen molar-refractivity contribution < 1.29 is 19.2 Å². The molecule has 4 N–H and O–H groups in total. The highest BCUT2D eigenvalue weighted by Gasteiger charge is 2.30. The lowest BCUT2D eigenvalue weighted by Crippen LogP contribution is -2.19. The van der Waals surface area contributed by atoms with E-state index in [1.807, 2.05) is 62.4 Å². The molecular formula is C31H38N6O4. The van der Waals surface area contributed by atoms with Gasteiger partial charge in [-0.3, -0.25) is 19.2 Å². The first-order chi connectivity index (χ1) is 19.8. The molecular weight excluding hydrogens is 520 g/mol. The van der Waals surface area contributed by atoms with Crippen LogP contribution in [0.15, 0.2) is 58.7 Å². The van der Waals surface area contributed by atoms with Gasteiger partial charge in [0.1, 0.15) is 0 Å². The van der Waals surface area contributed by atoms with Crippen molar-refractivity contribution in [3.8, 4) is 0 Å². The van der Waals surface area contributed by atoms with E-state index in [0.717, 1.165) is 54.6 Å². The zero-order valence-electron chi connectivity index (χ0n) is 23.7. The van der Waals surface area contributed by atoms with Crippen LogP contribution in [-0.4, -0.2) is 35.1 Å². The predicted octanol–water partition coefficient (Wildman–Crippen LogP) is 4.71. The number of nitrogens with one attached hydrogen (secondary N) is 4. The fourth-order valence-electron chi connectivity index (χ4n) is 4.05. The van der Waals surface area contributed by atoms with Gasteiger partial charge in [-0.25, -0.2) is 10.9 Å². The lowest BCUT2D eigenvalue weighted by atomic mass is 10.1. The van der Waals surface area contributed by atoms with Gasteiger partial charge in [0.05, 0.1) is 11.4 Å². The third kappa shape index (κ3) is 9.97. The van der Waals surface area contributed by atoms with Gasteiger partial charge in [-0.15, -0.1) is 0 Å². The SMILES string of the molecule is C/C(=N\NC(=O)CCCCCC(=O)N/N=C(\C)c1ccc(NC(=O)C2CC2)cc1)c1ccc(NC(=O)C2CC2)cc1. The summed E-state index contributed by atoms with van der Waals surface area (Å²) in [6, 6.07) is 14.7. The summed E-state index contributed by atoms with van der Waals surface area (Å²) in [5.74, 6) is 0.0698. The molecule has 2 saturated carbocycles.